The average molecular weight is 194 g/mol. The van der Waals surface area contributed by atoms with Gasteiger partial charge in [-0.05, 0) is 24.5 Å². The summed E-state index contributed by atoms with van der Waals surface area (Å²) in [6, 6.07) is 8.04. The first-order valence-electron chi connectivity index (χ1n) is 5.01. The van der Waals surface area contributed by atoms with Gasteiger partial charge in [-0.25, -0.2) is 0 Å². The highest BCUT2D eigenvalue weighted by molar-refractivity contribution is 5.25. The molecule has 0 aromatic heterocycles. The molecule has 78 valence electrons. The molecule has 0 aliphatic rings. The van der Waals surface area contributed by atoms with Crippen LogP contribution in [-0.2, 0) is 6.42 Å². The van der Waals surface area contributed by atoms with Crippen molar-refractivity contribution in [2.75, 3.05) is 6.61 Å². The summed E-state index contributed by atoms with van der Waals surface area (Å²) in [6.07, 6.45) is 0.393. The molecule has 0 bridgehead atoms. The zero-order valence-corrected chi connectivity index (χ0v) is 8.77. The van der Waals surface area contributed by atoms with E-state index in [4.69, 9.17) is 5.11 Å². The quantitative estimate of drug-likeness (QED) is 0.766. The number of rotatable bonds is 4. The van der Waals surface area contributed by atoms with E-state index < -0.39 is 0 Å². The average Bonchev–Trinajstić information content (AvgIpc) is 2.17. The van der Waals surface area contributed by atoms with Gasteiger partial charge in [-0.1, -0.05) is 31.2 Å². The minimum atomic E-state index is -0.295. The topological polar surface area (TPSA) is 40.5 Å². The molecule has 1 aromatic carbocycles. The summed E-state index contributed by atoms with van der Waals surface area (Å²) in [7, 11) is 0. The van der Waals surface area contributed by atoms with Crippen LogP contribution < -0.4 is 0 Å². The smallest absolute Gasteiger partial charge is 0.0552 e. The third kappa shape index (κ3) is 3.13. The zero-order valence-electron chi connectivity index (χ0n) is 8.77. The summed E-state index contributed by atoms with van der Waals surface area (Å²) >= 11 is 0. The molecule has 0 spiro atoms. The van der Waals surface area contributed by atoms with Crippen molar-refractivity contribution >= 4 is 0 Å². The lowest BCUT2D eigenvalue weighted by atomic mass is 9.99. The predicted molar refractivity (Wildman–Crippen MR) is 57.3 cm³/mol. The van der Waals surface area contributed by atoms with Crippen LogP contribution >= 0.6 is 0 Å². The molecule has 1 rings (SSSR count). The van der Waals surface area contributed by atoms with Crippen molar-refractivity contribution in [3.63, 3.8) is 0 Å². The summed E-state index contributed by atoms with van der Waals surface area (Å²) in [5.74, 6) is 0.190. The summed E-state index contributed by atoms with van der Waals surface area (Å²) in [5, 5.41) is 18.2. The highest BCUT2D eigenvalue weighted by atomic mass is 16.3. The lowest BCUT2D eigenvalue weighted by Crippen LogP contribution is -2.04. The van der Waals surface area contributed by atoms with Crippen molar-refractivity contribution in [2.45, 2.75) is 32.3 Å². The van der Waals surface area contributed by atoms with E-state index in [1.165, 1.54) is 0 Å². The van der Waals surface area contributed by atoms with Crippen LogP contribution in [0.3, 0.4) is 0 Å². The van der Waals surface area contributed by atoms with E-state index in [-0.39, 0.29) is 18.6 Å². The normalized spacial score (nSPS) is 15.1. The maximum absolute atomic E-state index is 9.19. The summed E-state index contributed by atoms with van der Waals surface area (Å²) < 4.78 is 0. The van der Waals surface area contributed by atoms with Crippen molar-refractivity contribution in [3.8, 4) is 0 Å². The summed E-state index contributed by atoms with van der Waals surface area (Å²) in [4.78, 5) is 0. The van der Waals surface area contributed by atoms with Gasteiger partial charge in [0, 0.05) is 12.5 Å². The third-order valence-corrected chi connectivity index (χ3v) is 2.35. The molecule has 0 saturated heterocycles. The number of benzene rings is 1. The van der Waals surface area contributed by atoms with E-state index in [1.54, 1.807) is 6.92 Å². The molecule has 0 saturated carbocycles. The Morgan fingerprint density at radius 2 is 1.71 bits per heavy atom. The standard InChI is InChI=1S/C12H18O2/c1-9(8-13)12-5-3-11(4-6-12)7-10(2)14/h3-6,9-10,13-14H,7-8H2,1-2H3. The fraction of sp³-hybridized carbons (Fsp3) is 0.500. The van der Waals surface area contributed by atoms with Gasteiger partial charge in [-0.2, -0.15) is 0 Å². The molecule has 2 atom stereocenters. The highest BCUT2D eigenvalue weighted by Crippen LogP contribution is 2.15. The first-order valence-corrected chi connectivity index (χ1v) is 5.01. The highest BCUT2D eigenvalue weighted by Gasteiger charge is 2.04. The van der Waals surface area contributed by atoms with Gasteiger partial charge in [0.05, 0.1) is 6.10 Å². The lowest BCUT2D eigenvalue weighted by Gasteiger charge is -2.09. The first-order chi connectivity index (χ1) is 6.63. The van der Waals surface area contributed by atoms with Crippen molar-refractivity contribution in [3.05, 3.63) is 35.4 Å². The molecule has 14 heavy (non-hydrogen) atoms. The van der Waals surface area contributed by atoms with Gasteiger partial charge in [0.1, 0.15) is 0 Å². The first kappa shape index (κ1) is 11.2. The predicted octanol–water partition coefficient (Wildman–Crippen LogP) is 1.71. The Bertz CT molecular complexity index is 264. The third-order valence-electron chi connectivity index (χ3n) is 2.35. The minimum absolute atomic E-state index is 0.176. The molecule has 2 heteroatoms. The molecule has 0 aliphatic carbocycles. The van der Waals surface area contributed by atoms with Crippen LogP contribution in [0.2, 0.25) is 0 Å². The van der Waals surface area contributed by atoms with Crippen LogP contribution in [0.25, 0.3) is 0 Å². The van der Waals surface area contributed by atoms with Crippen LogP contribution in [-0.4, -0.2) is 22.9 Å². The Labute approximate surface area is 85.2 Å². The van der Waals surface area contributed by atoms with Crippen LogP contribution in [0.15, 0.2) is 24.3 Å². The summed E-state index contributed by atoms with van der Waals surface area (Å²) in [5.41, 5.74) is 2.27. The van der Waals surface area contributed by atoms with E-state index in [0.717, 1.165) is 11.1 Å². The second kappa shape index (κ2) is 5.13. The van der Waals surface area contributed by atoms with Crippen LogP contribution in [0.4, 0.5) is 0 Å². The van der Waals surface area contributed by atoms with Gasteiger partial charge < -0.3 is 10.2 Å². The van der Waals surface area contributed by atoms with Crippen molar-refractivity contribution in [2.24, 2.45) is 0 Å². The monoisotopic (exact) mass is 194 g/mol. The van der Waals surface area contributed by atoms with Crippen molar-refractivity contribution in [1.29, 1.82) is 0 Å². The largest absolute Gasteiger partial charge is 0.396 e. The van der Waals surface area contributed by atoms with E-state index in [1.807, 2.05) is 31.2 Å². The Morgan fingerprint density at radius 1 is 1.14 bits per heavy atom. The molecule has 2 unspecified atom stereocenters. The van der Waals surface area contributed by atoms with Crippen LogP contribution in [0, 0.1) is 0 Å². The number of aliphatic hydroxyl groups is 2. The summed E-state index contributed by atoms with van der Waals surface area (Å²) in [6.45, 7) is 3.95. The maximum Gasteiger partial charge on any atom is 0.0552 e. The fourth-order valence-electron chi connectivity index (χ4n) is 1.43. The number of hydrogen-bond acceptors (Lipinski definition) is 2. The Hall–Kier alpha value is -0.860. The maximum atomic E-state index is 9.19. The van der Waals surface area contributed by atoms with E-state index in [2.05, 4.69) is 0 Å². The second-order valence-corrected chi connectivity index (χ2v) is 3.88. The van der Waals surface area contributed by atoms with E-state index in [0.29, 0.717) is 6.42 Å². The number of hydrogen-bond donors (Lipinski definition) is 2. The van der Waals surface area contributed by atoms with Gasteiger partial charge in [-0.15, -0.1) is 0 Å². The molecule has 0 amide bonds. The molecular formula is C12H18O2. The van der Waals surface area contributed by atoms with Crippen LogP contribution in [0.1, 0.15) is 30.9 Å². The molecule has 1 aromatic rings. The van der Waals surface area contributed by atoms with Gasteiger partial charge >= 0.3 is 0 Å². The SMILES string of the molecule is CC(O)Cc1ccc(C(C)CO)cc1. The Kier molecular flexibility index (Phi) is 4.11. The Balaban J connectivity index is 2.68. The molecule has 0 heterocycles. The van der Waals surface area contributed by atoms with Crippen molar-refractivity contribution < 1.29 is 10.2 Å². The van der Waals surface area contributed by atoms with Gasteiger partial charge in [0.15, 0.2) is 0 Å². The van der Waals surface area contributed by atoms with E-state index >= 15 is 0 Å². The number of aliphatic hydroxyl groups excluding tert-OH is 2. The Morgan fingerprint density at radius 3 is 2.14 bits per heavy atom. The molecule has 0 aliphatic heterocycles. The zero-order chi connectivity index (χ0) is 10.6. The molecule has 0 radical (unpaired) electrons. The van der Waals surface area contributed by atoms with E-state index in [9.17, 15) is 5.11 Å². The fourth-order valence-corrected chi connectivity index (χ4v) is 1.43. The molecular weight excluding hydrogens is 176 g/mol. The second-order valence-electron chi connectivity index (χ2n) is 3.88. The molecule has 2 N–H and O–H groups in total. The minimum Gasteiger partial charge on any atom is -0.396 e. The van der Waals surface area contributed by atoms with Crippen molar-refractivity contribution in [1.82, 2.24) is 0 Å². The van der Waals surface area contributed by atoms with Gasteiger partial charge in [-0.3, -0.25) is 0 Å². The van der Waals surface area contributed by atoms with Gasteiger partial charge in [0.25, 0.3) is 0 Å². The molecule has 2 nitrogen and oxygen atoms in total. The lowest BCUT2D eigenvalue weighted by molar-refractivity contribution is 0.195. The van der Waals surface area contributed by atoms with Gasteiger partial charge in [0.2, 0.25) is 0 Å². The molecule has 0 fully saturated rings. The van der Waals surface area contributed by atoms with Crippen LogP contribution in [0.5, 0.6) is 0 Å².